The second kappa shape index (κ2) is 4.82. The average molecular weight is 272 g/mol. The summed E-state index contributed by atoms with van der Waals surface area (Å²) in [5, 5.41) is 1.45. The summed E-state index contributed by atoms with van der Waals surface area (Å²) < 4.78 is 5.73. The van der Waals surface area contributed by atoms with Gasteiger partial charge in [0.1, 0.15) is 12.1 Å². The zero-order valence-electron chi connectivity index (χ0n) is 10.2. The van der Waals surface area contributed by atoms with E-state index in [2.05, 4.69) is 15.0 Å². The molecule has 0 saturated heterocycles. The SMILES string of the molecule is Cc1ccc(Oc2ncnc3cc(Cl)ccc23)cn1. The largest absolute Gasteiger partial charge is 0.437 e. The number of aromatic nitrogens is 3. The van der Waals surface area contributed by atoms with E-state index < -0.39 is 0 Å². The third-order valence-corrected chi connectivity index (χ3v) is 2.90. The third kappa shape index (κ3) is 2.48. The number of benzene rings is 1. The summed E-state index contributed by atoms with van der Waals surface area (Å²) >= 11 is 5.94. The Morgan fingerprint density at radius 3 is 2.74 bits per heavy atom. The van der Waals surface area contributed by atoms with Crippen LogP contribution in [0.15, 0.2) is 42.9 Å². The van der Waals surface area contributed by atoms with Gasteiger partial charge in [-0.05, 0) is 37.3 Å². The molecule has 19 heavy (non-hydrogen) atoms. The Hall–Kier alpha value is -2.20. The summed E-state index contributed by atoms with van der Waals surface area (Å²) in [5.41, 5.74) is 1.68. The first kappa shape index (κ1) is 11.9. The predicted octanol–water partition coefficient (Wildman–Crippen LogP) is 3.78. The molecule has 0 unspecified atom stereocenters. The fraction of sp³-hybridized carbons (Fsp3) is 0.0714. The molecule has 5 heteroatoms. The van der Waals surface area contributed by atoms with Crippen molar-refractivity contribution >= 4 is 22.5 Å². The standard InChI is InChI=1S/C14H10ClN3O/c1-9-2-4-11(7-16-9)19-14-12-5-3-10(15)6-13(12)17-8-18-14/h2-8H,1H3. The molecule has 0 aliphatic carbocycles. The molecule has 0 fully saturated rings. The van der Waals surface area contributed by atoms with Crippen LogP contribution in [0.4, 0.5) is 0 Å². The van der Waals surface area contributed by atoms with Crippen molar-refractivity contribution in [2.75, 3.05) is 0 Å². The molecule has 2 aromatic heterocycles. The van der Waals surface area contributed by atoms with Crippen molar-refractivity contribution in [2.45, 2.75) is 6.92 Å². The number of fused-ring (bicyclic) bond motifs is 1. The van der Waals surface area contributed by atoms with E-state index in [1.165, 1.54) is 6.33 Å². The third-order valence-electron chi connectivity index (χ3n) is 2.66. The molecule has 0 saturated carbocycles. The van der Waals surface area contributed by atoms with Crippen LogP contribution < -0.4 is 4.74 Å². The number of pyridine rings is 1. The van der Waals surface area contributed by atoms with E-state index in [0.29, 0.717) is 16.7 Å². The summed E-state index contributed by atoms with van der Waals surface area (Å²) in [4.78, 5) is 12.5. The highest BCUT2D eigenvalue weighted by molar-refractivity contribution is 6.31. The van der Waals surface area contributed by atoms with Crippen LogP contribution in [-0.2, 0) is 0 Å². The molecular weight excluding hydrogens is 262 g/mol. The normalized spacial score (nSPS) is 10.6. The maximum atomic E-state index is 5.94. The zero-order valence-corrected chi connectivity index (χ0v) is 10.9. The molecule has 4 nitrogen and oxygen atoms in total. The summed E-state index contributed by atoms with van der Waals surface area (Å²) in [7, 11) is 0. The maximum Gasteiger partial charge on any atom is 0.230 e. The lowest BCUT2D eigenvalue weighted by Gasteiger charge is -2.07. The minimum Gasteiger partial charge on any atom is -0.437 e. The fourth-order valence-electron chi connectivity index (χ4n) is 1.71. The van der Waals surface area contributed by atoms with E-state index in [4.69, 9.17) is 16.3 Å². The van der Waals surface area contributed by atoms with Crippen molar-refractivity contribution in [1.82, 2.24) is 15.0 Å². The average Bonchev–Trinajstić information content (AvgIpc) is 2.41. The van der Waals surface area contributed by atoms with Crippen molar-refractivity contribution in [3.05, 3.63) is 53.6 Å². The van der Waals surface area contributed by atoms with E-state index in [1.807, 2.05) is 25.1 Å². The highest BCUT2D eigenvalue weighted by Gasteiger charge is 2.06. The van der Waals surface area contributed by atoms with E-state index in [1.54, 1.807) is 18.3 Å². The van der Waals surface area contributed by atoms with Crippen molar-refractivity contribution in [3.63, 3.8) is 0 Å². The lowest BCUT2D eigenvalue weighted by molar-refractivity contribution is 0.465. The molecule has 0 aliphatic heterocycles. The second-order valence-corrected chi connectivity index (χ2v) is 4.51. The van der Waals surface area contributed by atoms with E-state index >= 15 is 0 Å². The Labute approximate surface area is 115 Å². The zero-order chi connectivity index (χ0) is 13.2. The van der Waals surface area contributed by atoms with Gasteiger partial charge in [-0.3, -0.25) is 4.98 Å². The van der Waals surface area contributed by atoms with Crippen molar-refractivity contribution in [1.29, 1.82) is 0 Å². The lowest BCUT2D eigenvalue weighted by atomic mass is 10.2. The minimum atomic E-state index is 0.493. The highest BCUT2D eigenvalue weighted by atomic mass is 35.5. The number of nitrogens with zero attached hydrogens (tertiary/aromatic N) is 3. The molecule has 2 heterocycles. The van der Waals surface area contributed by atoms with Gasteiger partial charge in [-0.1, -0.05) is 11.6 Å². The highest BCUT2D eigenvalue weighted by Crippen LogP contribution is 2.27. The molecule has 0 spiro atoms. The van der Waals surface area contributed by atoms with Crippen LogP contribution >= 0.6 is 11.6 Å². The number of aryl methyl sites for hydroxylation is 1. The van der Waals surface area contributed by atoms with Crippen LogP contribution in [0.3, 0.4) is 0 Å². The van der Waals surface area contributed by atoms with Gasteiger partial charge in [-0.25, -0.2) is 9.97 Å². The van der Waals surface area contributed by atoms with Gasteiger partial charge in [0.05, 0.1) is 17.1 Å². The van der Waals surface area contributed by atoms with Gasteiger partial charge >= 0.3 is 0 Å². The first-order valence-corrected chi connectivity index (χ1v) is 6.11. The molecule has 0 N–H and O–H groups in total. The van der Waals surface area contributed by atoms with Crippen LogP contribution in [0.1, 0.15) is 5.69 Å². The van der Waals surface area contributed by atoms with Crippen LogP contribution in [0.5, 0.6) is 11.6 Å². The van der Waals surface area contributed by atoms with Crippen LogP contribution in [-0.4, -0.2) is 15.0 Å². The van der Waals surface area contributed by atoms with Gasteiger partial charge in [0.25, 0.3) is 0 Å². The van der Waals surface area contributed by atoms with Gasteiger partial charge in [0, 0.05) is 10.7 Å². The van der Waals surface area contributed by atoms with Crippen LogP contribution in [0, 0.1) is 6.92 Å². The Balaban J connectivity index is 2.03. The second-order valence-electron chi connectivity index (χ2n) is 4.08. The molecule has 0 aliphatic rings. The van der Waals surface area contributed by atoms with E-state index in [-0.39, 0.29) is 0 Å². The van der Waals surface area contributed by atoms with Gasteiger partial charge < -0.3 is 4.74 Å². The Morgan fingerprint density at radius 1 is 1.05 bits per heavy atom. The molecule has 94 valence electrons. The molecule has 3 aromatic rings. The van der Waals surface area contributed by atoms with Crippen molar-refractivity contribution in [3.8, 4) is 11.6 Å². The minimum absolute atomic E-state index is 0.493. The molecule has 1 aromatic carbocycles. The van der Waals surface area contributed by atoms with Gasteiger partial charge in [0.15, 0.2) is 0 Å². The van der Waals surface area contributed by atoms with Crippen molar-refractivity contribution < 1.29 is 4.74 Å². The van der Waals surface area contributed by atoms with Crippen LogP contribution in [0.2, 0.25) is 5.02 Å². The number of halogens is 1. The number of hydrogen-bond donors (Lipinski definition) is 0. The van der Waals surface area contributed by atoms with Gasteiger partial charge in [-0.15, -0.1) is 0 Å². The lowest BCUT2D eigenvalue weighted by Crippen LogP contribution is -1.92. The maximum absolute atomic E-state index is 5.94. The molecule has 0 amide bonds. The molecule has 3 rings (SSSR count). The number of rotatable bonds is 2. The number of hydrogen-bond acceptors (Lipinski definition) is 4. The summed E-state index contributed by atoms with van der Waals surface area (Å²) in [6.45, 7) is 1.92. The van der Waals surface area contributed by atoms with Crippen molar-refractivity contribution in [2.24, 2.45) is 0 Å². The van der Waals surface area contributed by atoms with Gasteiger partial charge in [0.2, 0.25) is 5.88 Å². The molecule has 0 radical (unpaired) electrons. The summed E-state index contributed by atoms with van der Waals surface area (Å²) in [5.74, 6) is 1.13. The fourth-order valence-corrected chi connectivity index (χ4v) is 1.88. The summed E-state index contributed by atoms with van der Waals surface area (Å²) in [6, 6.07) is 9.14. The molecular formula is C14H10ClN3O. The Bertz CT molecular complexity index is 728. The van der Waals surface area contributed by atoms with E-state index in [9.17, 15) is 0 Å². The van der Waals surface area contributed by atoms with Crippen LogP contribution in [0.25, 0.3) is 10.9 Å². The quantitative estimate of drug-likeness (QED) is 0.712. The van der Waals surface area contributed by atoms with E-state index in [0.717, 1.165) is 16.6 Å². The monoisotopic (exact) mass is 271 g/mol. The molecule has 0 atom stereocenters. The van der Waals surface area contributed by atoms with Gasteiger partial charge in [-0.2, -0.15) is 0 Å². The number of ether oxygens (including phenoxy) is 1. The topological polar surface area (TPSA) is 47.9 Å². The first-order valence-electron chi connectivity index (χ1n) is 5.73. The first-order chi connectivity index (χ1) is 9.22. The Kier molecular flexibility index (Phi) is 3.01. The predicted molar refractivity (Wildman–Crippen MR) is 73.6 cm³/mol. The Morgan fingerprint density at radius 2 is 1.95 bits per heavy atom. The summed E-state index contributed by atoms with van der Waals surface area (Å²) in [6.07, 6.45) is 3.12. The molecule has 0 bridgehead atoms. The smallest absolute Gasteiger partial charge is 0.230 e.